The van der Waals surface area contributed by atoms with Gasteiger partial charge in [-0.25, -0.2) is 0 Å². The molecule has 148 valence electrons. The van der Waals surface area contributed by atoms with Gasteiger partial charge in [-0.05, 0) is 13.3 Å². The Kier molecular flexibility index (Phi) is 17.0. The van der Waals surface area contributed by atoms with Crippen LogP contribution >= 0.6 is 0 Å². The van der Waals surface area contributed by atoms with Crippen LogP contribution in [0, 0.1) is 0 Å². The Balaban J connectivity index is 3.34. The lowest BCUT2D eigenvalue weighted by molar-refractivity contribution is -0.148. The summed E-state index contributed by atoms with van der Waals surface area (Å²) in [4.78, 5) is 24.7. The van der Waals surface area contributed by atoms with Gasteiger partial charge in [-0.15, -0.1) is 0 Å². The van der Waals surface area contributed by atoms with Gasteiger partial charge < -0.3 is 9.64 Å². The summed E-state index contributed by atoms with van der Waals surface area (Å²) in [7, 11) is 1.67. The molecule has 1 amide bonds. The van der Waals surface area contributed by atoms with E-state index in [4.69, 9.17) is 4.74 Å². The zero-order valence-corrected chi connectivity index (χ0v) is 17.0. The lowest BCUT2D eigenvalue weighted by atomic mass is 10.0. The van der Waals surface area contributed by atoms with Gasteiger partial charge in [0.1, 0.15) is 6.54 Å². The van der Waals surface area contributed by atoms with E-state index in [1.165, 1.54) is 75.5 Å². The molecule has 25 heavy (non-hydrogen) atoms. The van der Waals surface area contributed by atoms with Crippen LogP contribution in [0.5, 0.6) is 0 Å². The second kappa shape index (κ2) is 17.8. The smallest absolute Gasteiger partial charge is 0.325 e. The molecule has 0 N–H and O–H groups in total. The van der Waals surface area contributed by atoms with Gasteiger partial charge in [0.15, 0.2) is 0 Å². The fourth-order valence-electron chi connectivity index (χ4n) is 2.97. The van der Waals surface area contributed by atoms with Crippen molar-refractivity contribution in [2.24, 2.45) is 0 Å². The second-order valence-electron chi connectivity index (χ2n) is 7.05. The number of ether oxygens (including phenoxy) is 1. The molecule has 0 aromatic heterocycles. The first-order valence-electron chi connectivity index (χ1n) is 10.5. The van der Waals surface area contributed by atoms with Gasteiger partial charge in [0.25, 0.3) is 0 Å². The summed E-state index contributed by atoms with van der Waals surface area (Å²) in [5, 5.41) is 0. The van der Waals surface area contributed by atoms with Crippen molar-refractivity contribution in [1.82, 2.24) is 4.90 Å². The van der Waals surface area contributed by atoms with E-state index in [1.54, 1.807) is 14.0 Å². The fraction of sp³-hybridized carbons (Fsp3) is 0.905. The molecule has 0 saturated heterocycles. The zero-order valence-electron chi connectivity index (χ0n) is 17.0. The first kappa shape index (κ1) is 23.9. The number of carbonyl (C=O) groups excluding carboxylic acids is 2. The number of likely N-dealkylation sites (N-methyl/N-ethyl adjacent to an activating group) is 1. The maximum Gasteiger partial charge on any atom is 0.325 e. The van der Waals surface area contributed by atoms with Gasteiger partial charge in [-0.3, -0.25) is 9.59 Å². The molecule has 0 saturated carbocycles. The second-order valence-corrected chi connectivity index (χ2v) is 7.05. The predicted molar refractivity (Wildman–Crippen MR) is 105 cm³/mol. The van der Waals surface area contributed by atoms with E-state index in [1.807, 2.05) is 0 Å². The molecule has 0 fully saturated rings. The van der Waals surface area contributed by atoms with Crippen molar-refractivity contribution in [3.05, 3.63) is 0 Å². The molecule has 0 aromatic rings. The summed E-state index contributed by atoms with van der Waals surface area (Å²) < 4.78 is 4.85. The number of esters is 1. The summed E-state index contributed by atoms with van der Waals surface area (Å²) in [5.74, 6) is -0.292. The van der Waals surface area contributed by atoms with Crippen molar-refractivity contribution >= 4 is 11.9 Å². The highest BCUT2D eigenvalue weighted by Gasteiger charge is 2.12. The van der Waals surface area contributed by atoms with E-state index in [0.29, 0.717) is 13.0 Å². The van der Waals surface area contributed by atoms with E-state index >= 15 is 0 Å². The van der Waals surface area contributed by atoms with E-state index in [0.717, 1.165) is 12.8 Å². The van der Waals surface area contributed by atoms with Crippen LogP contribution < -0.4 is 0 Å². The summed E-state index contributed by atoms with van der Waals surface area (Å²) in [6.07, 6.45) is 17.4. The normalized spacial score (nSPS) is 10.7. The monoisotopic (exact) mass is 355 g/mol. The number of carbonyl (C=O) groups is 2. The third kappa shape index (κ3) is 16.2. The molecule has 4 heteroatoms. The largest absolute Gasteiger partial charge is 0.465 e. The average Bonchev–Trinajstić information content (AvgIpc) is 2.58. The molecule has 0 bridgehead atoms. The molecule has 0 heterocycles. The molecular formula is C21H41NO3. The van der Waals surface area contributed by atoms with Crippen molar-refractivity contribution in [2.75, 3.05) is 20.2 Å². The van der Waals surface area contributed by atoms with Gasteiger partial charge in [0.05, 0.1) is 6.61 Å². The lowest BCUT2D eigenvalue weighted by Crippen LogP contribution is -2.32. The first-order valence-corrected chi connectivity index (χ1v) is 10.5. The number of unbranched alkanes of at least 4 members (excludes halogenated alkanes) is 12. The highest BCUT2D eigenvalue weighted by atomic mass is 16.5. The minimum absolute atomic E-state index is 0.0381. The van der Waals surface area contributed by atoms with Crippen molar-refractivity contribution in [3.63, 3.8) is 0 Å². The standard InChI is InChI=1S/C21H41NO3/c1-4-6-7-8-9-10-11-12-13-14-15-16-17-18-20(23)22(3)19-21(24)25-5-2/h4-19H2,1-3H3. The molecule has 0 spiro atoms. The van der Waals surface area contributed by atoms with Crippen LogP contribution in [0.2, 0.25) is 0 Å². The van der Waals surface area contributed by atoms with Gasteiger partial charge >= 0.3 is 5.97 Å². The predicted octanol–water partition coefficient (Wildman–Crippen LogP) is 5.49. The maximum atomic E-state index is 11.9. The molecule has 0 rings (SSSR count). The van der Waals surface area contributed by atoms with Crippen molar-refractivity contribution < 1.29 is 14.3 Å². The van der Waals surface area contributed by atoms with Crippen molar-refractivity contribution in [2.45, 2.75) is 104 Å². The van der Waals surface area contributed by atoms with Gasteiger partial charge in [-0.2, -0.15) is 0 Å². The zero-order chi connectivity index (χ0) is 18.8. The summed E-state index contributed by atoms with van der Waals surface area (Å²) >= 11 is 0. The van der Waals surface area contributed by atoms with Gasteiger partial charge in [0, 0.05) is 13.5 Å². The number of hydrogen-bond acceptors (Lipinski definition) is 3. The van der Waals surface area contributed by atoms with E-state index in [9.17, 15) is 9.59 Å². The number of amides is 1. The van der Waals surface area contributed by atoms with Crippen LogP contribution in [0.25, 0.3) is 0 Å². The first-order chi connectivity index (χ1) is 12.1. The SMILES string of the molecule is CCCCCCCCCCCCCCCC(=O)N(C)CC(=O)OCC. The van der Waals surface area contributed by atoms with Crippen molar-refractivity contribution in [3.8, 4) is 0 Å². The van der Waals surface area contributed by atoms with E-state index < -0.39 is 0 Å². The Morgan fingerprint density at radius 2 is 1.16 bits per heavy atom. The number of hydrogen-bond donors (Lipinski definition) is 0. The molecule has 0 aliphatic carbocycles. The Hall–Kier alpha value is -1.06. The Labute approximate surface area is 155 Å². The van der Waals surface area contributed by atoms with Crippen LogP contribution in [-0.4, -0.2) is 37.0 Å². The summed E-state index contributed by atoms with van der Waals surface area (Å²) in [6.45, 7) is 4.45. The average molecular weight is 356 g/mol. The van der Waals surface area contributed by atoms with Crippen LogP contribution in [0.3, 0.4) is 0 Å². The molecule has 0 unspecified atom stereocenters. The van der Waals surface area contributed by atoms with Crippen LogP contribution in [0.4, 0.5) is 0 Å². The van der Waals surface area contributed by atoms with Crippen LogP contribution in [0.1, 0.15) is 104 Å². The molecule has 4 nitrogen and oxygen atoms in total. The molecular weight excluding hydrogens is 314 g/mol. The Bertz CT molecular complexity index is 331. The van der Waals surface area contributed by atoms with Crippen molar-refractivity contribution in [1.29, 1.82) is 0 Å². The molecule has 0 atom stereocenters. The third-order valence-corrected chi connectivity index (χ3v) is 4.59. The lowest BCUT2D eigenvalue weighted by Gasteiger charge is -2.15. The molecule has 0 radical (unpaired) electrons. The highest BCUT2D eigenvalue weighted by molar-refractivity contribution is 5.81. The van der Waals surface area contributed by atoms with Crippen LogP contribution in [0.15, 0.2) is 0 Å². The summed E-state index contributed by atoms with van der Waals surface area (Å²) in [5.41, 5.74) is 0. The highest BCUT2D eigenvalue weighted by Crippen LogP contribution is 2.13. The quantitative estimate of drug-likeness (QED) is 0.256. The minimum Gasteiger partial charge on any atom is -0.465 e. The van der Waals surface area contributed by atoms with E-state index in [-0.39, 0.29) is 18.4 Å². The third-order valence-electron chi connectivity index (χ3n) is 4.59. The molecule has 0 aliphatic rings. The maximum absolute atomic E-state index is 11.9. The number of nitrogens with zero attached hydrogens (tertiary/aromatic N) is 1. The summed E-state index contributed by atoms with van der Waals surface area (Å²) in [6, 6.07) is 0. The fourth-order valence-corrected chi connectivity index (χ4v) is 2.97. The minimum atomic E-state index is -0.330. The van der Waals surface area contributed by atoms with Gasteiger partial charge in [-0.1, -0.05) is 84.0 Å². The number of rotatable bonds is 17. The van der Waals surface area contributed by atoms with Gasteiger partial charge in [0.2, 0.25) is 5.91 Å². The topological polar surface area (TPSA) is 46.6 Å². The molecule has 0 aliphatic heterocycles. The van der Waals surface area contributed by atoms with E-state index in [2.05, 4.69) is 6.92 Å². The molecule has 0 aromatic carbocycles. The Morgan fingerprint density at radius 3 is 1.60 bits per heavy atom. The Morgan fingerprint density at radius 1 is 0.720 bits per heavy atom. The van der Waals surface area contributed by atoms with Crippen LogP contribution in [-0.2, 0) is 14.3 Å².